The van der Waals surface area contributed by atoms with Crippen LogP contribution < -0.4 is 4.74 Å². The summed E-state index contributed by atoms with van der Waals surface area (Å²) in [7, 11) is 0. The number of hydrogen-bond acceptors (Lipinski definition) is 3. The zero-order valence-electron chi connectivity index (χ0n) is 13.6. The number of aliphatic hydroxyl groups excluding tert-OH is 1. The molecule has 2 aromatic carbocycles. The Hall–Kier alpha value is -2.52. The molecule has 0 amide bonds. The summed E-state index contributed by atoms with van der Waals surface area (Å²) in [4.78, 5) is 12.2. The van der Waals surface area contributed by atoms with Gasteiger partial charge in [-0.05, 0) is 48.0 Å². The molecule has 0 aliphatic heterocycles. The van der Waals surface area contributed by atoms with E-state index in [9.17, 15) is 9.90 Å². The molecule has 0 spiro atoms. The largest absolute Gasteiger partial charge is 0.509 e. The minimum Gasteiger partial charge on any atom is -0.509 e. The van der Waals surface area contributed by atoms with Crippen LogP contribution in [-0.4, -0.2) is 10.9 Å². The van der Waals surface area contributed by atoms with Crippen LogP contribution >= 0.6 is 11.6 Å². The topological polar surface area (TPSA) is 46.5 Å². The second-order valence-corrected chi connectivity index (χ2v) is 5.97. The first kappa shape index (κ1) is 17.8. The molecule has 0 aliphatic carbocycles. The molecule has 0 aliphatic rings. The highest BCUT2D eigenvalue weighted by molar-refractivity contribution is 6.32. The Morgan fingerprint density at radius 2 is 1.79 bits per heavy atom. The van der Waals surface area contributed by atoms with Crippen LogP contribution in [0.2, 0.25) is 5.02 Å². The first-order valence-electron chi connectivity index (χ1n) is 7.60. The Balaban J connectivity index is 2.04. The molecule has 2 rings (SSSR count). The van der Waals surface area contributed by atoms with E-state index < -0.39 is 0 Å². The van der Waals surface area contributed by atoms with E-state index in [0.29, 0.717) is 16.3 Å². The predicted octanol–water partition coefficient (Wildman–Crippen LogP) is 5.67. The minimum atomic E-state index is -0.123. The maximum absolute atomic E-state index is 12.2. The van der Waals surface area contributed by atoms with Crippen LogP contribution in [0.3, 0.4) is 0 Å². The molecule has 3 nitrogen and oxygen atoms in total. The highest BCUT2D eigenvalue weighted by atomic mass is 35.5. The Labute approximate surface area is 146 Å². The summed E-state index contributed by atoms with van der Waals surface area (Å²) in [5.74, 6) is 0.592. The third-order valence-corrected chi connectivity index (χ3v) is 3.71. The van der Waals surface area contributed by atoms with Gasteiger partial charge >= 0.3 is 0 Å². The number of allylic oxidation sites excluding steroid dienone is 2. The van der Waals surface area contributed by atoms with E-state index in [0.717, 1.165) is 5.56 Å². The molecule has 2 aromatic rings. The van der Waals surface area contributed by atoms with Gasteiger partial charge in [-0.15, -0.1) is 0 Å². The van der Waals surface area contributed by atoms with Crippen LogP contribution in [0.4, 0.5) is 0 Å². The number of carbonyl (C=O) groups is 1. The molecule has 0 saturated carbocycles. The SMILES string of the molecule is CC(C)/C(O)=C/Oc1ccc(C(=O)/C=C/c2ccccc2Cl)cc1. The van der Waals surface area contributed by atoms with Crippen molar-refractivity contribution in [3.05, 3.63) is 82.8 Å². The average Bonchev–Trinajstić information content (AvgIpc) is 2.59. The van der Waals surface area contributed by atoms with Crippen molar-refractivity contribution in [2.45, 2.75) is 13.8 Å². The van der Waals surface area contributed by atoms with E-state index in [1.165, 1.54) is 12.3 Å². The number of hydrogen-bond donors (Lipinski definition) is 1. The van der Waals surface area contributed by atoms with E-state index >= 15 is 0 Å². The molecular formula is C20H19ClO3. The summed E-state index contributed by atoms with van der Waals surface area (Å²) in [5, 5.41) is 10.2. The average molecular weight is 343 g/mol. The van der Waals surface area contributed by atoms with E-state index in [2.05, 4.69) is 0 Å². The van der Waals surface area contributed by atoms with E-state index in [-0.39, 0.29) is 17.5 Å². The zero-order valence-corrected chi connectivity index (χ0v) is 14.3. The number of halogens is 1. The standard InChI is InChI=1S/C20H19ClO3/c1-14(2)20(23)13-24-17-10-7-16(8-11-17)19(22)12-9-15-5-3-4-6-18(15)21/h3-14,23H,1-2H3/b12-9+,20-13-. The maximum atomic E-state index is 12.2. The molecule has 4 heteroatoms. The summed E-state index contributed by atoms with van der Waals surface area (Å²) < 4.78 is 5.35. The predicted molar refractivity (Wildman–Crippen MR) is 97.4 cm³/mol. The van der Waals surface area contributed by atoms with Crippen LogP contribution in [0.1, 0.15) is 29.8 Å². The van der Waals surface area contributed by atoms with Crippen LogP contribution in [-0.2, 0) is 0 Å². The van der Waals surface area contributed by atoms with Crippen LogP contribution in [0, 0.1) is 5.92 Å². The van der Waals surface area contributed by atoms with Gasteiger partial charge in [0, 0.05) is 16.5 Å². The lowest BCUT2D eigenvalue weighted by Crippen LogP contribution is -1.96. The van der Waals surface area contributed by atoms with Crippen molar-refractivity contribution < 1.29 is 14.6 Å². The normalized spacial score (nSPS) is 11.9. The van der Waals surface area contributed by atoms with Crippen molar-refractivity contribution in [1.29, 1.82) is 0 Å². The Bertz CT molecular complexity index is 759. The minimum absolute atomic E-state index is 0.000740. The van der Waals surface area contributed by atoms with Gasteiger partial charge in [0.1, 0.15) is 17.8 Å². The van der Waals surface area contributed by atoms with E-state index in [4.69, 9.17) is 16.3 Å². The van der Waals surface area contributed by atoms with Crippen molar-refractivity contribution in [3.63, 3.8) is 0 Å². The molecule has 0 bridgehead atoms. The van der Waals surface area contributed by atoms with Gasteiger partial charge in [0.05, 0.1) is 0 Å². The quantitative estimate of drug-likeness (QED) is 0.418. The summed E-state index contributed by atoms with van der Waals surface area (Å²) in [6, 6.07) is 14.0. The maximum Gasteiger partial charge on any atom is 0.185 e. The molecule has 1 N–H and O–H groups in total. The second-order valence-electron chi connectivity index (χ2n) is 5.56. The fraction of sp³-hybridized carbons (Fsp3) is 0.150. The lowest BCUT2D eigenvalue weighted by Gasteiger charge is -2.05. The van der Waals surface area contributed by atoms with Gasteiger partial charge < -0.3 is 9.84 Å². The van der Waals surface area contributed by atoms with E-state index in [1.807, 2.05) is 32.0 Å². The van der Waals surface area contributed by atoms with Gasteiger partial charge in [0.25, 0.3) is 0 Å². The summed E-state index contributed by atoms with van der Waals surface area (Å²) in [6.07, 6.45) is 4.48. The number of benzene rings is 2. The summed E-state index contributed by atoms with van der Waals surface area (Å²) >= 11 is 6.05. The number of aliphatic hydroxyl groups is 1. The van der Waals surface area contributed by atoms with Crippen molar-refractivity contribution >= 4 is 23.5 Å². The van der Waals surface area contributed by atoms with Crippen molar-refractivity contribution in [1.82, 2.24) is 0 Å². The molecule has 0 radical (unpaired) electrons. The first-order chi connectivity index (χ1) is 11.5. The monoisotopic (exact) mass is 342 g/mol. The van der Waals surface area contributed by atoms with Crippen molar-refractivity contribution in [2.75, 3.05) is 0 Å². The van der Waals surface area contributed by atoms with Gasteiger partial charge in [-0.25, -0.2) is 0 Å². The van der Waals surface area contributed by atoms with Crippen LogP contribution in [0.25, 0.3) is 6.08 Å². The molecule has 0 heterocycles. The van der Waals surface area contributed by atoms with Gasteiger partial charge in [-0.1, -0.05) is 43.6 Å². The lowest BCUT2D eigenvalue weighted by molar-refractivity contribution is 0.104. The number of ketones is 1. The van der Waals surface area contributed by atoms with E-state index in [1.54, 1.807) is 36.4 Å². The molecule has 0 aromatic heterocycles. The Morgan fingerprint density at radius 3 is 2.42 bits per heavy atom. The van der Waals surface area contributed by atoms with Gasteiger partial charge in [0.15, 0.2) is 5.78 Å². The third kappa shape index (κ3) is 5.00. The summed E-state index contributed by atoms with van der Waals surface area (Å²) in [6.45, 7) is 3.73. The highest BCUT2D eigenvalue weighted by Gasteiger charge is 2.04. The second kappa shape index (κ2) is 8.37. The van der Waals surface area contributed by atoms with Gasteiger partial charge in [-0.2, -0.15) is 0 Å². The Kier molecular flexibility index (Phi) is 6.21. The number of carbonyl (C=O) groups excluding carboxylic acids is 1. The molecule has 124 valence electrons. The molecule has 0 fully saturated rings. The fourth-order valence-electron chi connectivity index (χ4n) is 1.83. The lowest BCUT2D eigenvalue weighted by atomic mass is 10.1. The fourth-order valence-corrected chi connectivity index (χ4v) is 2.03. The van der Waals surface area contributed by atoms with Crippen molar-refractivity contribution in [3.8, 4) is 5.75 Å². The van der Waals surface area contributed by atoms with Crippen molar-refractivity contribution in [2.24, 2.45) is 5.92 Å². The smallest absolute Gasteiger partial charge is 0.185 e. The molecule has 0 atom stereocenters. The van der Waals surface area contributed by atoms with Crippen LogP contribution in [0.5, 0.6) is 5.75 Å². The third-order valence-electron chi connectivity index (χ3n) is 3.37. The first-order valence-corrected chi connectivity index (χ1v) is 7.98. The van der Waals surface area contributed by atoms with Gasteiger partial charge in [0.2, 0.25) is 0 Å². The van der Waals surface area contributed by atoms with Gasteiger partial charge in [-0.3, -0.25) is 4.79 Å². The zero-order chi connectivity index (χ0) is 17.5. The van der Waals surface area contributed by atoms with Crippen LogP contribution in [0.15, 0.2) is 66.6 Å². The molecule has 0 unspecified atom stereocenters. The number of rotatable bonds is 6. The number of ether oxygens (including phenoxy) is 1. The highest BCUT2D eigenvalue weighted by Crippen LogP contribution is 2.18. The molecule has 24 heavy (non-hydrogen) atoms. The summed E-state index contributed by atoms with van der Waals surface area (Å²) in [5.41, 5.74) is 1.34. The Morgan fingerprint density at radius 1 is 1.12 bits per heavy atom. The molecular weight excluding hydrogens is 324 g/mol. The molecule has 0 saturated heterocycles.